The maximum atomic E-state index is 6.88. The highest BCUT2D eigenvalue weighted by Gasteiger charge is 2.22. The molecule has 0 radical (unpaired) electrons. The van der Waals surface area contributed by atoms with Gasteiger partial charge in [-0.2, -0.15) is 0 Å². The molecule has 5 heteroatoms. The lowest BCUT2D eigenvalue weighted by Crippen LogP contribution is -2.00. The average Bonchev–Trinajstić information content (AvgIpc) is 3.82. The molecule has 0 N–H and O–H groups in total. The molecule has 0 bridgehead atoms. The van der Waals surface area contributed by atoms with Crippen LogP contribution in [0.15, 0.2) is 199 Å². The van der Waals surface area contributed by atoms with Crippen molar-refractivity contribution in [3.63, 3.8) is 0 Å². The molecule has 3 heterocycles. The van der Waals surface area contributed by atoms with E-state index in [9.17, 15) is 0 Å². The summed E-state index contributed by atoms with van der Waals surface area (Å²) in [6.07, 6.45) is 0. The largest absolute Gasteiger partial charge is 0.456 e. The third-order valence-corrected chi connectivity index (χ3v) is 10.6. The highest BCUT2D eigenvalue weighted by Crippen LogP contribution is 2.43. The van der Waals surface area contributed by atoms with Gasteiger partial charge in [-0.25, -0.2) is 15.0 Å². The summed E-state index contributed by atoms with van der Waals surface area (Å²) < 4.78 is 9.23. The van der Waals surface area contributed by atoms with Gasteiger partial charge in [0.25, 0.3) is 0 Å². The predicted molar refractivity (Wildman–Crippen MR) is 229 cm³/mol. The first-order chi connectivity index (χ1) is 27.8. The third kappa shape index (κ3) is 5.29. The van der Waals surface area contributed by atoms with E-state index in [1.54, 1.807) is 0 Å². The van der Waals surface area contributed by atoms with Crippen LogP contribution in [0.4, 0.5) is 0 Å². The Morgan fingerprint density at radius 3 is 1.59 bits per heavy atom. The van der Waals surface area contributed by atoms with Crippen LogP contribution in [-0.2, 0) is 0 Å². The monoisotopic (exact) mass is 716 g/mol. The Balaban J connectivity index is 1.17. The van der Waals surface area contributed by atoms with Crippen LogP contribution in [0.3, 0.4) is 0 Å². The standard InChI is InChI=1S/C51H32N4O/c1-5-16-33(17-6-1)37-30-42(51-53-49(35-20-9-3-10-21-35)52-50(54-51)36-22-11-4-12-23-36)48-41-29-28-38(32-45(41)56-46(48)31-37)55-43-26-14-13-24-40(43)47-39(25-15-27-44(47)55)34-18-7-2-8-19-34/h1-32H. The molecule has 5 nitrogen and oxygen atoms in total. The lowest BCUT2D eigenvalue weighted by molar-refractivity contribution is 0.669. The zero-order valence-electron chi connectivity index (χ0n) is 30.2. The Hall–Kier alpha value is -7.63. The van der Waals surface area contributed by atoms with Gasteiger partial charge in [0.05, 0.1) is 11.0 Å². The zero-order chi connectivity index (χ0) is 37.0. The first-order valence-corrected chi connectivity index (χ1v) is 18.8. The molecular weight excluding hydrogens is 685 g/mol. The average molecular weight is 717 g/mol. The van der Waals surface area contributed by atoms with Gasteiger partial charge in [-0.1, -0.05) is 152 Å². The fourth-order valence-corrected chi connectivity index (χ4v) is 8.09. The Morgan fingerprint density at radius 2 is 0.911 bits per heavy atom. The molecule has 0 atom stereocenters. The summed E-state index contributed by atoms with van der Waals surface area (Å²) in [4.78, 5) is 15.3. The van der Waals surface area contributed by atoms with Crippen LogP contribution in [0.25, 0.3) is 106 Å². The number of fused-ring (bicyclic) bond motifs is 6. The number of nitrogens with zero attached hydrogens (tertiary/aromatic N) is 4. The van der Waals surface area contributed by atoms with Crippen LogP contribution in [0, 0.1) is 0 Å². The SMILES string of the molecule is c1ccc(-c2cc(-c3nc(-c4ccccc4)nc(-c4ccccc4)n3)c3c(c2)oc2cc(-n4c5ccccc5c5c(-c6ccccc6)cccc54)ccc23)cc1. The minimum Gasteiger partial charge on any atom is -0.456 e. The molecule has 0 aliphatic carbocycles. The minimum absolute atomic E-state index is 0.586. The van der Waals surface area contributed by atoms with Crippen LogP contribution < -0.4 is 0 Å². The van der Waals surface area contributed by atoms with Gasteiger partial charge in [-0.05, 0) is 58.7 Å². The topological polar surface area (TPSA) is 56.7 Å². The van der Waals surface area contributed by atoms with Gasteiger partial charge in [0.1, 0.15) is 11.2 Å². The molecule has 3 aromatic heterocycles. The van der Waals surface area contributed by atoms with E-state index in [4.69, 9.17) is 19.4 Å². The zero-order valence-corrected chi connectivity index (χ0v) is 30.2. The van der Waals surface area contributed by atoms with E-state index in [1.807, 2.05) is 66.7 Å². The summed E-state index contributed by atoms with van der Waals surface area (Å²) in [5.74, 6) is 1.82. The summed E-state index contributed by atoms with van der Waals surface area (Å²) in [6, 6.07) is 67.3. The molecular formula is C51H32N4O. The number of rotatable bonds is 6. The first kappa shape index (κ1) is 31.9. The smallest absolute Gasteiger partial charge is 0.164 e. The summed E-state index contributed by atoms with van der Waals surface area (Å²) in [5.41, 5.74) is 12.1. The van der Waals surface area contributed by atoms with Gasteiger partial charge in [0.2, 0.25) is 0 Å². The Kier molecular flexibility index (Phi) is 7.42. The lowest BCUT2D eigenvalue weighted by Gasteiger charge is -2.11. The van der Waals surface area contributed by atoms with E-state index in [-0.39, 0.29) is 0 Å². The number of hydrogen-bond donors (Lipinski definition) is 0. The van der Waals surface area contributed by atoms with Crippen molar-refractivity contribution in [1.29, 1.82) is 0 Å². The molecule has 0 spiro atoms. The number of benzene rings is 8. The van der Waals surface area contributed by atoms with Crippen LogP contribution in [0.1, 0.15) is 0 Å². The van der Waals surface area contributed by atoms with E-state index in [0.717, 1.165) is 66.5 Å². The predicted octanol–water partition coefficient (Wildman–Crippen LogP) is 13.2. The van der Waals surface area contributed by atoms with Gasteiger partial charge in [0.15, 0.2) is 17.5 Å². The molecule has 0 amide bonds. The van der Waals surface area contributed by atoms with E-state index in [0.29, 0.717) is 17.5 Å². The second-order valence-corrected chi connectivity index (χ2v) is 14.0. The van der Waals surface area contributed by atoms with Gasteiger partial charge >= 0.3 is 0 Å². The Bertz CT molecular complexity index is 3170. The van der Waals surface area contributed by atoms with Gasteiger partial charge < -0.3 is 8.98 Å². The molecule has 11 aromatic rings. The van der Waals surface area contributed by atoms with Crippen molar-refractivity contribution < 1.29 is 4.42 Å². The summed E-state index contributed by atoms with van der Waals surface area (Å²) >= 11 is 0. The van der Waals surface area contributed by atoms with E-state index >= 15 is 0 Å². The molecule has 11 rings (SSSR count). The normalized spacial score (nSPS) is 11.6. The molecule has 262 valence electrons. The molecule has 56 heavy (non-hydrogen) atoms. The molecule has 8 aromatic carbocycles. The molecule has 0 aliphatic rings. The van der Waals surface area contributed by atoms with Crippen LogP contribution in [0.5, 0.6) is 0 Å². The van der Waals surface area contributed by atoms with Crippen LogP contribution in [-0.4, -0.2) is 19.5 Å². The highest BCUT2D eigenvalue weighted by atomic mass is 16.3. The Labute approximate surface area is 322 Å². The molecule has 0 unspecified atom stereocenters. The maximum absolute atomic E-state index is 6.88. The second kappa shape index (κ2) is 13.0. The van der Waals surface area contributed by atoms with Crippen molar-refractivity contribution in [1.82, 2.24) is 19.5 Å². The van der Waals surface area contributed by atoms with Crippen molar-refractivity contribution in [2.75, 3.05) is 0 Å². The lowest BCUT2D eigenvalue weighted by atomic mass is 9.98. The van der Waals surface area contributed by atoms with Crippen molar-refractivity contribution in [3.05, 3.63) is 194 Å². The number of para-hydroxylation sites is 1. The molecule has 0 saturated heterocycles. The fourth-order valence-electron chi connectivity index (χ4n) is 8.09. The summed E-state index contributed by atoms with van der Waals surface area (Å²) in [6.45, 7) is 0. The van der Waals surface area contributed by atoms with Crippen molar-refractivity contribution in [3.8, 4) is 62.1 Å². The van der Waals surface area contributed by atoms with E-state index < -0.39 is 0 Å². The van der Waals surface area contributed by atoms with Crippen molar-refractivity contribution >= 4 is 43.7 Å². The van der Waals surface area contributed by atoms with E-state index in [2.05, 4.69) is 132 Å². The number of aromatic nitrogens is 4. The minimum atomic E-state index is 0.586. The van der Waals surface area contributed by atoms with Gasteiger partial charge in [-0.3, -0.25) is 0 Å². The van der Waals surface area contributed by atoms with Gasteiger partial charge in [0, 0.05) is 50.0 Å². The Morgan fingerprint density at radius 1 is 0.339 bits per heavy atom. The molecule has 0 saturated carbocycles. The van der Waals surface area contributed by atoms with Crippen LogP contribution in [0.2, 0.25) is 0 Å². The first-order valence-electron chi connectivity index (χ1n) is 18.8. The fraction of sp³-hybridized carbons (Fsp3) is 0. The van der Waals surface area contributed by atoms with Gasteiger partial charge in [-0.15, -0.1) is 0 Å². The third-order valence-electron chi connectivity index (χ3n) is 10.6. The van der Waals surface area contributed by atoms with Crippen LogP contribution >= 0.6 is 0 Å². The molecule has 0 aliphatic heterocycles. The quantitative estimate of drug-likeness (QED) is 0.172. The maximum Gasteiger partial charge on any atom is 0.164 e. The van der Waals surface area contributed by atoms with E-state index in [1.165, 1.54) is 21.9 Å². The van der Waals surface area contributed by atoms with Crippen molar-refractivity contribution in [2.45, 2.75) is 0 Å². The number of furan rings is 1. The highest BCUT2D eigenvalue weighted by molar-refractivity contribution is 6.17. The summed E-state index contributed by atoms with van der Waals surface area (Å²) in [5, 5.41) is 4.39. The second-order valence-electron chi connectivity index (χ2n) is 14.0. The van der Waals surface area contributed by atoms with Crippen molar-refractivity contribution in [2.24, 2.45) is 0 Å². The summed E-state index contributed by atoms with van der Waals surface area (Å²) in [7, 11) is 0. The molecule has 0 fully saturated rings. The number of hydrogen-bond acceptors (Lipinski definition) is 4.